The maximum Gasteiger partial charge on any atom is 0.290 e. The van der Waals surface area contributed by atoms with Crippen molar-refractivity contribution in [2.45, 2.75) is 13.8 Å². The van der Waals surface area contributed by atoms with Crippen LogP contribution in [0.3, 0.4) is 0 Å². The Hall–Kier alpha value is -2.90. The second-order valence-corrected chi connectivity index (χ2v) is 4.12. The van der Waals surface area contributed by atoms with E-state index in [0.29, 0.717) is 22.9 Å². The molecule has 0 bridgehead atoms. The number of nitrogens with two attached hydrogens (primary N) is 3. The summed E-state index contributed by atoms with van der Waals surface area (Å²) in [7, 11) is 0. The molecular formula is C12H16N6O2. The number of aromatic nitrogens is 2. The molecule has 0 saturated carbocycles. The molecule has 0 spiro atoms. The summed E-state index contributed by atoms with van der Waals surface area (Å²) in [6.45, 7) is 3.52. The van der Waals surface area contributed by atoms with E-state index >= 15 is 0 Å². The lowest BCUT2D eigenvalue weighted by Gasteiger charge is -1.97. The summed E-state index contributed by atoms with van der Waals surface area (Å²) in [4.78, 5) is 17.2. The average molecular weight is 276 g/mol. The van der Waals surface area contributed by atoms with Crippen LogP contribution in [0.25, 0.3) is 0 Å². The third kappa shape index (κ3) is 4.09. The van der Waals surface area contributed by atoms with Gasteiger partial charge in [0.15, 0.2) is 0 Å². The zero-order chi connectivity index (χ0) is 15.3. The van der Waals surface area contributed by atoms with Crippen molar-refractivity contribution in [1.29, 1.82) is 0 Å². The zero-order valence-corrected chi connectivity index (χ0v) is 11.2. The highest BCUT2D eigenvalue weighted by Gasteiger charge is 2.09. The zero-order valence-electron chi connectivity index (χ0n) is 11.2. The van der Waals surface area contributed by atoms with Gasteiger partial charge in [-0.1, -0.05) is 0 Å². The van der Waals surface area contributed by atoms with Crippen molar-refractivity contribution in [2.24, 2.45) is 0 Å². The van der Waals surface area contributed by atoms with E-state index in [0.717, 1.165) is 11.8 Å². The van der Waals surface area contributed by atoms with Crippen LogP contribution in [0.15, 0.2) is 24.5 Å². The van der Waals surface area contributed by atoms with Crippen LogP contribution >= 0.6 is 0 Å². The fourth-order valence-electron chi connectivity index (χ4n) is 1.35. The van der Waals surface area contributed by atoms with Crippen LogP contribution in [0.2, 0.25) is 0 Å². The highest BCUT2D eigenvalue weighted by atomic mass is 16.6. The average Bonchev–Trinajstić information content (AvgIpc) is 2.34. The van der Waals surface area contributed by atoms with Crippen LogP contribution in [-0.2, 0) is 0 Å². The van der Waals surface area contributed by atoms with E-state index in [1.807, 2.05) is 6.92 Å². The molecule has 0 aromatic carbocycles. The van der Waals surface area contributed by atoms with Crippen LogP contribution in [0.5, 0.6) is 0 Å². The Morgan fingerprint density at radius 3 is 1.90 bits per heavy atom. The minimum atomic E-state index is -0.484. The maximum absolute atomic E-state index is 10.3. The van der Waals surface area contributed by atoms with Gasteiger partial charge in [-0.3, -0.25) is 10.1 Å². The van der Waals surface area contributed by atoms with Crippen LogP contribution in [0.1, 0.15) is 11.1 Å². The van der Waals surface area contributed by atoms with Crippen molar-refractivity contribution in [2.75, 3.05) is 17.2 Å². The van der Waals surface area contributed by atoms with Gasteiger partial charge in [0.25, 0.3) is 5.69 Å². The van der Waals surface area contributed by atoms with Crippen LogP contribution in [0.4, 0.5) is 23.0 Å². The van der Waals surface area contributed by atoms with Gasteiger partial charge in [-0.15, -0.1) is 0 Å². The molecule has 0 aliphatic heterocycles. The number of nitro groups is 1. The van der Waals surface area contributed by atoms with Gasteiger partial charge in [-0.25, -0.2) is 9.97 Å². The molecule has 0 radical (unpaired) electrons. The highest BCUT2D eigenvalue weighted by Crippen LogP contribution is 2.16. The van der Waals surface area contributed by atoms with Crippen molar-refractivity contribution < 1.29 is 4.92 Å². The van der Waals surface area contributed by atoms with E-state index in [9.17, 15) is 10.1 Å². The van der Waals surface area contributed by atoms with E-state index in [2.05, 4.69) is 9.97 Å². The Kier molecular flexibility index (Phi) is 4.79. The van der Waals surface area contributed by atoms with Crippen LogP contribution in [-0.4, -0.2) is 14.9 Å². The van der Waals surface area contributed by atoms with Crippen molar-refractivity contribution in [3.8, 4) is 0 Å². The molecule has 8 nitrogen and oxygen atoms in total. The van der Waals surface area contributed by atoms with E-state index in [4.69, 9.17) is 17.2 Å². The van der Waals surface area contributed by atoms with Crippen LogP contribution in [0, 0.1) is 24.0 Å². The number of aryl methyl sites for hydroxylation is 2. The third-order valence-corrected chi connectivity index (χ3v) is 2.47. The maximum atomic E-state index is 10.3. The molecule has 0 aliphatic rings. The number of rotatable bonds is 1. The van der Waals surface area contributed by atoms with Gasteiger partial charge in [-0.05, 0) is 31.5 Å². The highest BCUT2D eigenvalue weighted by molar-refractivity contribution is 5.48. The minimum absolute atomic E-state index is 0.000741. The predicted octanol–water partition coefficient (Wildman–Crippen LogP) is 1.43. The lowest BCUT2D eigenvalue weighted by Crippen LogP contribution is -1.96. The van der Waals surface area contributed by atoms with E-state index < -0.39 is 4.92 Å². The lowest BCUT2D eigenvalue weighted by atomic mass is 10.2. The minimum Gasteiger partial charge on any atom is -0.397 e. The normalized spacial score (nSPS) is 9.50. The molecule has 0 saturated heterocycles. The molecule has 20 heavy (non-hydrogen) atoms. The Labute approximate surface area is 115 Å². The topological polar surface area (TPSA) is 147 Å². The number of nitrogens with zero attached hydrogens (tertiary/aromatic N) is 3. The van der Waals surface area contributed by atoms with Gasteiger partial charge in [-0.2, -0.15) is 0 Å². The molecule has 6 N–H and O–H groups in total. The summed E-state index contributed by atoms with van der Waals surface area (Å²) >= 11 is 0. The molecule has 8 heteroatoms. The Morgan fingerprint density at radius 2 is 1.50 bits per heavy atom. The SMILES string of the molecule is Cc1cc(N)ncc1N.Cc1cc(N)ncc1[N+](=O)[O-]. The van der Waals surface area contributed by atoms with Crippen LogP contribution < -0.4 is 17.2 Å². The summed E-state index contributed by atoms with van der Waals surface area (Å²) in [6.07, 6.45) is 2.72. The molecule has 0 atom stereocenters. The quantitative estimate of drug-likeness (QED) is 0.527. The second kappa shape index (κ2) is 6.32. The number of hydrogen-bond donors (Lipinski definition) is 3. The first-order valence-corrected chi connectivity index (χ1v) is 5.65. The molecule has 0 aliphatic carbocycles. The smallest absolute Gasteiger partial charge is 0.290 e. The predicted molar refractivity (Wildman–Crippen MR) is 77.8 cm³/mol. The fraction of sp³-hybridized carbons (Fsp3) is 0.167. The largest absolute Gasteiger partial charge is 0.397 e. The van der Waals surface area contributed by atoms with Crippen molar-refractivity contribution in [3.63, 3.8) is 0 Å². The van der Waals surface area contributed by atoms with E-state index in [1.165, 1.54) is 6.07 Å². The summed E-state index contributed by atoms with van der Waals surface area (Å²) in [5.74, 6) is 0.815. The molecule has 2 aromatic rings. The fourth-order valence-corrected chi connectivity index (χ4v) is 1.35. The summed E-state index contributed by atoms with van der Waals surface area (Å²) < 4.78 is 0. The van der Waals surface area contributed by atoms with E-state index in [-0.39, 0.29) is 5.69 Å². The van der Waals surface area contributed by atoms with Gasteiger partial charge >= 0.3 is 0 Å². The van der Waals surface area contributed by atoms with Gasteiger partial charge in [0, 0.05) is 5.56 Å². The molecule has 0 fully saturated rings. The van der Waals surface area contributed by atoms with Crippen molar-refractivity contribution in [1.82, 2.24) is 9.97 Å². The third-order valence-electron chi connectivity index (χ3n) is 2.47. The van der Waals surface area contributed by atoms with Gasteiger partial charge in [0.1, 0.15) is 17.8 Å². The summed E-state index contributed by atoms with van der Waals surface area (Å²) in [5.41, 5.74) is 18.3. The summed E-state index contributed by atoms with van der Waals surface area (Å²) in [6, 6.07) is 3.22. The number of hydrogen-bond acceptors (Lipinski definition) is 7. The standard InChI is InChI=1S/C6H7N3O2.C6H9N3/c1-4-2-6(7)8-3-5(4)9(10)11;1-4-2-6(8)9-3-5(4)7/h2-3H,1H3,(H2,7,8);2-3H,7H2,1H3,(H2,8,9). The first kappa shape index (κ1) is 15.2. The Bertz CT molecular complexity index is 629. The van der Waals surface area contributed by atoms with Gasteiger partial charge < -0.3 is 17.2 Å². The Balaban J connectivity index is 0.000000204. The number of anilines is 3. The van der Waals surface area contributed by atoms with Gasteiger partial charge in [0.2, 0.25) is 0 Å². The van der Waals surface area contributed by atoms with E-state index in [1.54, 1.807) is 19.2 Å². The molecule has 106 valence electrons. The molecule has 0 unspecified atom stereocenters. The van der Waals surface area contributed by atoms with Gasteiger partial charge in [0.05, 0.1) is 16.8 Å². The molecular weight excluding hydrogens is 260 g/mol. The summed E-state index contributed by atoms with van der Waals surface area (Å²) in [5, 5.41) is 10.3. The number of pyridine rings is 2. The first-order chi connectivity index (χ1) is 9.31. The monoisotopic (exact) mass is 276 g/mol. The number of nitrogen functional groups attached to an aromatic ring is 3. The molecule has 2 rings (SSSR count). The van der Waals surface area contributed by atoms with Crippen molar-refractivity contribution >= 4 is 23.0 Å². The Morgan fingerprint density at radius 1 is 1.00 bits per heavy atom. The molecule has 2 heterocycles. The molecule has 0 amide bonds. The second-order valence-electron chi connectivity index (χ2n) is 4.12. The first-order valence-electron chi connectivity index (χ1n) is 5.65. The lowest BCUT2D eigenvalue weighted by molar-refractivity contribution is -0.385. The molecule has 2 aromatic heterocycles. The van der Waals surface area contributed by atoms with Crippen molar-refractivity contribution in [3.05, 3.63) is 45.8 Å².